The van der Waals surface area contributed by atoms with Gasteiger partial charge in [-0.05, 0) is 30.2 Å². The monoisotopic (exact) mass is 328 g/mol. The van der Waals surface area contributed by atoms with Crippen molar-refractivity contribution in [1.82, 2.24) is 5.32 Å². The van der Waals surface area contributed by atoms with Gasteiger partial charge in [-0.3, -0.25) is 4.79 Å². The van der Waals surface area contributed by atoms with E-state index in [4.69, 9.17) is 15.2 Å². The molecular formula is C19H24N2O3. The lowest BCUT2D eigenvalue weighted by molar-refractivity contribution is -0.121. The predicted molar refractivity (Wildman–Crippen MR) is 94.0 cm³/mol. The van der Waals surface area contributed by atoms with Gasteiger partial charge in [0, 0.05) is 13.0 Å². The largest absolute Gasteiger partial charge is 0.493 e. The van der Waals surface area contributed by atoms with Crippen LogP contribution in [0.2, 0.25) is 0 Å². The highest BCUT2D eigenvalue weighted by Gasteiger charge is 2.12. The van der Waals surface area contributed by atoms with Crippen molar-refractivity contribution in [1.29, 1.82) is 0 Å². The molecule has 0 saturated carbocycles. The summed E-state index contributed by atoms with van der Waals surface area (Å²) in [6, 6.07) is 15.5. The molecule has 2 aromatic carbocycles. The van der Waals surface area contributed by atoms with Gasteiger partial charge >= 0.3 is 0 Å². The SMILES string of the molecule is COc1cc(C(C)NC(=O)CCN)ccc1OCc1ccccc1. The summed E-state index contributed by atoms with van der Waals surface area (Å²) in [5.74, 6) is 1.25. The lowest BCUT2D eigenvalue weighted by atomic mass is 10.1. The Morgan fingerprint density at radius 3 is 2.58 bits per heavy atom. The second kappa shape index (κ2) is 8.93. The molecule has 0 fully saturated rings. The van der Waals surface area contributed by atoms with E-state index >= 15 is 0 Å². The highest BCUT2D eigenvalue weighted by Crippen LogP contribution is 2.31. The van der Waals surface area contributed by atoms with E-state index in [9.17, 15) is 4.79 Å². The summed E-state index contributed by atoms with van der Waals surface area (Å²) in [4.78, 5) is 11.7. The molecule has 0 heterocycles. The van der Waals surface area contributed by atoms with Crippen molar-refractivity contribution in [3.05, 3.63) is 59.7 Å². The van der Waals surface area contributed by atoms with Gasteiger partial charge in [-0.1, -0.05) is 36.4 Å². The van der Waals surface area contributed by atoms with E-state index in [1.165, 1.54) is 0 Å². The van der Waals surface area contributed by atoms with Gasteiger partial charge in [0.05, 0.1) is 13.2 Å². The molecule has 5 heteroatoms. The Balaban J connectivity index is 2.05. The Morgan fingerprint density at radius 2 is 1.92 bits per heavy atom. The first-order valence-electron chi connectivity index (χ1n) is 7.98. The van der Waals surface area contributed by atoms with Gasteiger partial charge in [-0.2, -0.15) is 0 Å². The summed E-state index contributed by atoms with van der Waals surface area (Å²) in [7, 11) is 1.60. The van der Waals surface area contributed by atoms with Gasteiger partial charge in [0.2, 0.25) is 5.91 Å². The maximum atomic E-state index is 11.7. The molecule has 0 bridgehead atoms. The topological polar surface area (TPSA) is 73.6 Å². The van der Waals surface area contributed by atoms with E-state index in [1.807, 2.05) is 55.5 Å². The van der Waals surface area contributed by atoms with Crippen LogP contribution in [0.1, 0.15) is 30.5 Å². The lowest BCUT2D eigenvalue weighted by Gasteiger charge is -2.17. The molecule has 0 spiro atoms. The third-order valence-corrected chi connectivity index (χ3v) is 3.67. The highest BCUT2D eigenvalue weighted by molar-refractivity contribution is 5.76. The molecule has 24 heavy (non-hydrogen) atoms. The maximum Gasteiger partial charge on any atom is 0.221 e. The molecule has 3 N–H and O–H groups in total. The number of nitrogens with one attached hydrogen (secondary N) is 1. The average Bonchev–Trinajstić information content (AvgIpc) is 2.60. The van der Waals surface area contributed by atoms with Crippen LogP contribution in [-0.2, 0) is 11.4 Å². The molecule has 0 saturated heterocycles. The van der Waals surface area contributed by atoms with Crippen molar-refractivity contribution in [3.8, 4) is 11.5 Å². The molecule has 0 aliphatic carbocycles. The number of ether oxygens (including phenoxy) is 2. The highest BCUT2D eigenvalue weighted by atomic mass is 16.5. The van der Waals surface area contributed by atoms with Crippen molar-refractivity contribution >= 4 is 5.91 Å². The normalized spacial score (nSPS) is 11.6. The standard InChI is InChI=1S/C19H24N2O3/c1-14(21-19(22)10-11-20)16-8-9-17(18(12-16)23-2)24-13-15-6-4-3-5-7-15/h3-9,12,14H,10-11,13,20H2,1-2H3,(H,21,22). The molecule has 1 amide bonds. The minimum atomic E-state index is -0.124. The van der Waals surface area contributed by atoms with Crippen LogP contribution in [0, 0.1) is 0 Å². The Labute approximate surface area is 142 Å². The minimum absolute atomic E-state index is 0.0617. The number of benzene rings is 2. The van der Waals surface area contributed by atoms with Crippen LogP contribution in [0.3, 0.4) is 0 Å². The van der Waals surface area contributed by atoms with Gasteiger partial charge in [0.15, 0.2) is 11.5 Å². The number of carbonyl (C=O) groups excluding carboxylic acids is 1. The predicted octanol–water partition coefficient (Wildman–Crippen LogP) is 2.80. The molecule has 0 aliphatic rings. The molecular weight excluding hydrogens is 304 g/mol. The van der Waals surface area contributed by atoms with Gasteiger partial charge in [-0.25, -0.2) is 0 Å². The molecule has 1 unspecified atom stereocenters. The molecule has 128 valence electrons. The van der Waals surface area contributed by atoms with Crippen LogP contribution in [-0.4, -0.2) is 19.6 Å². The number of amides is 1. The van der Waals surface area contributed by atoms with Gasteiger partial charge in [-0.15, -0.1) is 0 Å². The Kier molecular flexibility index (Phi) is 6.63. The van der Waals surface area contributed by atoms with Gasteiger partial charge < -0.3 is 20.5 Å². The Bertz CT molecular complexity index is 659. The van der Waals surface area contributed by atoms with Crippen LogP contribution in [0.25, 0.3) is 0 Å². The number of rotatable bonds is 8. The van der Waals surface area contributed by atoms with Crippen molar-refractivity contribution in [2.45, 2.75) is 26.0 Å². The molecule has 0 radical (unpaired) electrons. The minimum Gasteiger partial charge on any atom is -0.493 e. The van der Waals surface area contributed by atoms with E-state index < -0.39 is 0 Å². The molecule has 1 atom stereocenters. The zero-order valence-electron chi connectivity index (χ0n) is 14.1. The molecule has 2 rings (SSSR count). The van der Waals surface area contributed by atoms with E-state index in [0.717, 1.165) is 11.1 Å². The number of nitrogens with two attached hydrogens (primary N) is 1. The zero-order valence-corrected chi connectivity index (χ0v) is 14.1. The van der Waals surface area contributed by atoms with Crippen molar-refractivity contribution < 1.29 is 14.3 Å². The second-order valence-corrected chi connectivity index (χ2v) is 5.51. The fraction of sp³-hybridized carbons (Fsp3) is 0.316. The first-order valence-corrected chi connectivity index (χ1v) is 7.98. The second-order valence-electron chi connectivity index (χ2n) is 5.51. The fourth-order valence-corrected chi connectivity index (χ4v) is 2.34. The van der Waals surface area contributed by atoms with Crippen LogP contribution < -0.4 is 20.5 Å². The third kappa shape index (κ3) is 4.99. The summed E-state index contributed by atoms with van der Waals surface area (Å²) in [5, 5.41) is 2.91. The summed E-state index contributed by atoms with van der Waals surface area (Å²) in [6.07, 6.45) is 0.319. The lowest BCUT2D eigenvalue weighted by Crippen LogP contribution is -2.28. The molecule has 5 nitrogen and oxygen atoms in total. The number of carbonyl (C=O) groups is 1. The fourth-order valence-electron chi connectivity index (χ4n) is 2.34. The van der Waals surface area contributed by atoms with E-state index in [0.29, 0.717) is 31.1 Å². The number of hydrogen-bond donors (Lipinski definition) is 2. The quantitative estimate of drug-likeness (QED) is 0.781. The third-order valence-electron chi connectivity index (χ3n) is 3.67. The van der Waals surface area contributed by atoms with Crippen molar-refractivity contribution in [2.75, 3.05) is 13.7 Å². The molecule has 2 aromatic rings. The maximum absolute atomic E-state index is 11.7. The van der Waals surface area contributed by atoms with E-state index in [2.05, 4.69) is 5.32 Å². The smallest absolute Gasteiger partial charge is 0.221 e. The van der Waals surface area contributed by atoms with Crippen LogP contribution in [0.4, 0.5) is 0 Å². The summed E-state index contributed by atoms with van der Waals surface area (Å²) in [5.41, 5.74) is 7.43. The number of methoxy groups -OCH3 is 1. The first kappa shape index (κ1) is 17.8. The van der Waals surface area contributed by atoms with Gasteiger partial charge in [0.25, 0.3) is 0 Å². The Hall–Kier alpha value is -2.53. The van der Waals surface area contributed by atoms with Crippen LogP contribution in [0.15, 0.2) is 48.5 Å². The van der Waals surface area contributed by atoms with E-state index in [-0.39, 0.29) is 11.9 Å². The summed E-state index contributed by atoms with van der Waals surface area (Å²) >= 11 is 0. The van der Waals surface area contributed by atoms with Crippen molar-refractivity contribution in [3.63, 3.8) is 0 Å². The first-order chi connectivity index (χ1) is 11.6. The van der Waals surface area contributed by atoms with Gasteiger partial charge in [0.1, 0.15) is 6.61 Å². The Morgan fingerprint density at radius 1 is 1.17 bits per heavy atom. The molecule has 0 aromatic heterocycles. The zero-order chi connectivity index (χ0) is 17.4. The molecule has 0 aliphatic heterocycles. The van der Waals surface area contributed by atoms with Crippen LogP contribution in [0.5, 0.6) is 11.5 Å². The average molecular weight is 328 g/mol. The summed E-state index contributed by atoms with van der Waals surface area (Å²) in [6.45, 7) is 2.74. The number of hydrogen-bond acceptors (Lipinski definition) is 4. The summed E-state index contributed by atoms with van der Waals surface area (Å²) < 4.78 is 11.3. The van der Waals surface area contributed by atoms with Crippen molar-refractivity contribution in [2.24, 2.45) is 5.73 Å². The van der Waals surface area contributed by atoms with E-state index in [1.54, 1.807) is 7.11 Å². The van der Waals surface area contributed by atoms with Crippen LogP contribution >= 0.6 is 0 Å².